The van der Waals surface area contributed by atoms with Gasteiger partial charge < -0.3 is 11.5 Å². The maximum atomic E-state index is 10.5. The van der Waals surface area contributed by atoms with E-state index in [1.165, 1.54) is 0 Å². The van der Waals surface area contributed by atoms with E-state index in [1.54, 1.807) is 6.08 Å². The fraction of sp³-hybridized carbons (Fsp3) is 0.500. The Morgan fingerprint density at radius 2 is 1.67 bits per heavy atom. The van der Waals surface area contributed by atoms with E-state index in [1.807, 2.05) is 0 Å². The summed E-state index contributed by atoms with van der Waals surface area (Å²) in [4.78, 5) is 21.0. The van der Waals surface area contributed by atoms with E-state index < -0.39 is 11.8 Å². The van der Waals surface area contributed by atoms with Crippen molar-refractivity contribution >= 4 is 11.8 Å². The monoisotopic (exact) mass is 170 g/mol. The molecule has 0 saturated heterocycles. The number of allylic oxidation sites excluding steroid dienone is 1. The van der Waals surface area contributed by atoms with Crippen LogP contribution in [0.15, 0.2) is 12.7 Å². The van der Waals surface area contributed by atoms with Gasteiger partial charge in [0.1, 0.15) is 0 Å². The van der Waals surface area contributed by atoms with Crippen molar-refractivity contribution in [1.82, 2.24) is 0 Å². The summed E-state index contributed by atoms with van der Waals surface area (Å²) in [5.74, 6) is -0.913. The molecule has 68 valence electrons. The van der Waals surface area contributed by atoms with Gasteiger partial charge in [-0.3, -0.25) is 9.59 Å². The summed E-state index contributed by atoms with van der Waals surface area (Å²) in [7, 11) is 0. The number of carbonyl (C=O) groups is 2. The van der Waals surface area contributed by atoms with Gasteiger partial charge in [0.15, 0.2) is 0 Å². The number of amides is 2. The predicted molar refractivity (Wildman–Crippen MR) is 45.9 cm³/mol. The van der Waals surface area contributed by atoms with Crippen LogP contribution in [0.25, 0.3) is 0 Å². The summed E-state index contributed by atoms with van der Waals surface area (Å²) in [6, 6.07) is 0. The highest BCUT2D eigenvalue weighted by Crippen LogP contribution is 2.12. The zero-order valence-electron chi connectivity index (χ0n) is 6.95. The first-order chi connectivity index (χ1) is 5.56. The van der Waals surface area contributed by atoms with E-state index in [0.29, 0.717) is 6.42 Å². The van der Waals surface area contributed by atoms with Gasteiger partial charge in [-0.05, 0) is 12.3 Å². The number of rotatable bonds is 6. The molecule has 0 bridgehead atoms. The predicted octanol–water partition coefficient (Wildman–Crippen LogP) is -0.0705. The molecule has 4 N–H and O–H groups in total. The Labute approximate surface area is 71.6 Å². The van der Waals surface area contributed by atoms with Gasteiger partial charge in [-0.15, -0.1) is 6.58 Å². The second kappa shape index (κ2) is 5.35. The molecule has 0 aromatic heterocycles. The van der Waals surface area contributed by atoms with E-state index in [-0.39, 0.29) is 18.8 Å². The van der Waals surface area contributed by atoms with Crippen LogP contribution < -0.4 is 11.5 Å². The van der Waals surface area contributed by atoms with Crippen LogP contribution in [0.2, 0.25) is 0 Å². The third-order valence-corrected chi connectivity index (χ3v) is 1.48. The molecule has 0 aliphatic heterocycles. The van der Waals surface area contributed by atoms with Crippen LogP contribution >= 0.6 is 0 Å². The molecule has 0 unspecified atom stereocenters. The highest BCUT2D eigenvalue weighted by molar-refractivity contribution is 5.77. The summed E-state index contributed by atoms with van der Waals surface area (Å²) in [6.07, 6.45) is 2.62. The fourth-order valence-electron chi connectivity index (χ4n) is 1.04. The Morgan fingerprint density at radius 1 is 1.25 bits per heavy atom. The molecule has 12 heavy (non-hydrogen) atoms. The first-order valence-corrected chi connectivity index (χ1v) is 3.73. The average Bonchev–Trinajstić information content (AvgIpc) is 1.84. The summed E-state index contributed by atoms with van der Waals surface area (Å²) in [5, 5.41) is 0. The van der Waals surface area contributed by atoms with Gasteiger partial charge in [0.25, 0.3) is 0 Å². The molecule has 0 radical (unpaired) electrons. The van der Waals surface area contributed by atoms with Gasteiger partial charge in [0.05, 0.1) is 0 Å². The largest absolute Gasteiger partial charge is 0.370 e. The Morgan fingerprint density at radius 3 is 1.92 bits per heavy atom. The standard InChI is InChI=1S/C8H14N2O2/c1-2-3-6(4-7(9)11)5-8(10)12/h2,6H,1,3-5H2,(H2,9,11)(H2,10,12). The minimum Gasteiger partial charge on any atom is -0.370 e. The first kappa shape index (κ1) is 10.7. The zero-order valence-corrected chi connectivity index (χ0v) is 6.95. The molecule has 4 nitrogen and oxygen atoms in total. The lowest BCUT2D eigenvalue weighted by atomic mass is 9.97. The molecule has 2 amide bonds. The highest BCUT2D eigenvalue weighted by Gasteiger charge is 2.12. The molecule has 0 aromatic rings. The molecule has 0 aliphatic rings. The molecule has 0 spiro atoms. The van der Waals surface area contributed by atoms with Crippen molar-refractivity contribution in [3.05, 3.63) is 12.7 Å². The van der Waals surface area contributed by atoms with E-state index in [4.69, 9.17) is 11.5 Å². The Kier molecular flexibility index (Phi) is 4.76. The molecule has 0 rings (SSSR count). The molecule has 0 saturated carbocycles. The lowest BCUT2D eigenvalue weighted by molar-refractivity contribution is -0.120. The molecule has 0 aromatic carbocycles. The summed E-state index contributed by atoms with van der Waals surface area (Å²) in [5.41, 5.74) is 9.95. The summed E-state index contributed by atoms with van der Waals surface area (Å²) >= 11 is 0. The quantitative estimate of drug-likeness (QED) is 0.546. The Hall–Kier alpha value is -1.32. The van der Waals surface area contributed by atoms with Gasteiger partial charge in [0.2, 0.25) is 11.8 Å². The molecular weight excluding hydrogens is 156 g/mol. The number of carbonyl (C=O) groups excluding carboxylic acids is 2. The molecule has 0 atom stereocenters. The van der Waals surface area contributed by atoms with Crippen LogP contribution in [-0.4, -0.2) is 11.8 Å². The van der Waals surface area contributed by atoms with E-state index in [2.05, 4.69) is 6.58 Å². The number of nitrogens with two attached hydrogens (primary N) is 2. The lowest BCUT2D eigenvalue weighted by Crippen LogP contribution is -2.21. The third kappa shape index (κ3) is 5.46. The molecule has 4 heteroatoms. The van der Waals surface area contributed by atoms with E-state index in [9.17, 15) is 9.59 Å². The van der Waals surface area contributed by atoms with Crippen molar-refractivity contribution in [3.8, 4) is 0 Å². The highest BCUT2D eigenvalue weighted by atomic mass is 16.1. The van der Waals surface area contributed by atoms with Crippen molar-refractivity contribution in [1.29, 1.82) is 0 Å². The number of hydrogen-bond donors (Lipinski definition) is 2. The lowest BCUT2D eigenvalue weighted by Gasteiger charge is -2.09. The maximum Gasteiger partial charge on any atom is 0.217 e. The average molecular weight is 170 g/mol. The molecule has 0 heterocycles. The van der Waals surface area contributed by atoms with Crippen molar-refractivity contribution in [2.24, 2.45) is 17.4 Å². The summed E-state index contributed by atoms with van der Waals surface area (Å²) in [6.45, 7) is 3.51. The van der Waals surface area contributed by atoms with Gasteiger partial charge in [0, 0.05) is 12.8 Å². The molecule has 0 fully saturated rings. The van der Waals surface area contributed by atoms with Crippen molar-refractivity contribution < 1.29 is 9.59 Å². The Bertz CT molecular complexity index is 173. The van der Waals surface area contributed by atoms with Crippen LogP contribution in [0.5, 0.6) is 0 Å². The topological polar surface area (TPSA) is 86.2 Å². The van der Waals surface area contributed by atoms with Gasteiger partial charge in [-0.1, -0.05) is 6.08 Å². The smallest absolute Gasteiger partial charge is 0.217 e. The SMILES string of the molecule is C=CCC(CC(N)=O)CC(N)=O. The van der Waals surface area contributed by atoms with Crippen LogP contribution in [0, 0.1) is 5.92 Å². The second-order valence-electron chi connectivity index (χ2n) is 2.73. The van der Waals surface area contributed by atoms with Gasteiger partial charge >= 0.3 is 0 Å². The maximum absolute atomic E-state index is 10.5. The third-order valence-electron chi connectivity index (χ3n) is 1.48. The number of hydrogen-bond acceptors (Lipinski definition) is 2. The van der Waals surface area contributed by atoms with Gasteiger partial charge in [-0.2, -0.15) is 0 Å². The van der Waals surface area contributed by atoms with Crippen LogP contribution in [0.3, 0.4) is 0 Å². The van der Waals surface area contributed by atoms with Crippen LogP contribution in [0.1, 0.15) is 19.3 Å². The van der Waals surface area contributed by atoms with Crippen molar-refractivity contribution in [3.63, 3.8) is 0 Å². The first-order valence-electron chi connectivity index (χ1n) is 3.73. The minimum atomic E-state index is -0.414. The molecule has 0 aliphatic carbocycles. The summed E-state index contributed by atoms with van der Waals surface area (Å²) < 4.78 is 0. The number of primary amides is 2. The van der Waals surface area contributed by atoms with E-state index in [0.717, 1.165) is 0 Å². The van der Waals surface area contributed by atoms with E-state index >= 15 is 0 Å². The zero-order chi connectivity index (χ0) is 9.56. The van der Waals surface area contributed by atoms with Crippen molar-refractivity contribution in [2.45, 2.75) is 19.3 Å². The Balaban J connectivity index is 3.93. The second-order valence-corrected chi connectivity index (χ2v) is 2.73. The minimum absolute atomic E-state index is 0.0856. The molecular formula is C8H14N2O2. The van der Waals surface area contributed by atoms with Gasteiger partial charge in [-0.25, -0.2) is 0 Å². The van der Waals surface area contributed by atoms with Crippen LogP contribution in [0.4, 0.5) is 0 Å². The normalized spacial score (nSPS) is 9.75. The van der Waals surface area contributed by atoms with Crippen molar-refractivity contribution in [2.75, 3.05) is 0 Å². The fourth-order valence-corrected chi connectivity index (χ4v) is 1.04. The van der Waals surface area contributed by atoms with Crippen LogP contribution in [-0.2, 0) is 9.59 Å².